The number of nitrogens with zero attached hydrogens (tertiary/aromatic N) is 4. The Bertz CT molecular complexity index is 1250. The van der Waals surface area contributed by atoms with Gasteiger partial charge < -0.3 is 13.9 Å². The first kappa shape index (κ1) is 20.9. The van der Waals surface area contributed by atoms with Gasteiger partial charge in [-0.05, 0) is 30.7 Å². The normalized spacial score (nSPS) is 15.6. The fourth-order valence-electron chi connectivity index (χ4n) is 3.91. The Morgan fingerprint density at radius 3 is 2.69 bits per heavy atom. The van der Waals surface area contributed by atoms with Crippen LogP contribution in [-0.4, -0.2) is 32.2 Å². The number of furan rings is 1. The largest absolute Gasteiger partial charge is 0.469 e. The quantitative estimate of drug-likeness (QED) is 0.372. The number of benzene rings is 2. The monoisotopic (exact) mass is 462 g/mol. The molecular formula is C24H22N4O2S2. The Hall–Kier alpha value is -2.97. The maximum Gasteiger partial charge on any atom is 0.238 e. The van der Waals surface area contributed by atoms with Gasteiger partial charge in [0, 0.05) is 17.7 Å². The molecule has 8 heteroatoms. The van der Waals surface area contributed by atoms with Crippen molar-refractivity contribution in [3.63, 3.8) is 0 Å². The summed E-state index contributed by atoms with van der Waals surface area (Å²) in [7, 11) is 1.91. The maximum atomic E-state index is 13.5. The van der Waals surface area contributed by atoms with E-state index in [0.29, 0.717) is 5.16 Å². The minimum atomic E-state index is -0.00663. The summed E-state index contributed by atoms with van der Waals surface area (Å²) in [4.78, 5) is 16.6. The van der Waals surface area contributed by atoms with Crippen molar-refractivity contribution >= 4 is 35.1 Å². The van der Waals surface area contributed by atoms with E-state index in [-0.39, 0.29) is 17.7 Å². The second-order valence-corrected chi connectivity index (χ2v) is 9.52. The molecule has 1 aliphatic rings. The van der Waals surface area contributed by atoms with Gasteiger partial charge in [-0.15, -0.1) is 22.0 Å². The zero-order chi connectivity index (χ0) is 22.1. The summed E-state index contributed by atoms with van der Waals surface area (Å²) in [6.45, 7) is 1.90. The number of hydrogen-bond acceptors (Lipinski definition) is 6. The van der Waals surface area contributed by atoms with E-state index in [1.807, 2.05) is 65.9 Å². The van der Waals surface area contributed by atoms with Gasteiger partial charge >= 0.3 is 0 Å². The van der Waals surface area contributed by atoms with Crippen LogP contribution in [0.25, 0.3) is 11.4 Å². The molecule has 0 N–H and O–H groups in total. The molecule has 162 valence electrons. The van der Waals surface area contributed by atoms with E-state index in [1.165, 1.54) is 11.8 Å². The van der Waals surface area contributed by atoms with Crippen LogP contribution in [-0.2, 0) is 11.8 Å². The van der Waals surface area contributed by atoms with Crippen molar-refractivity contribution in [3.05, 3.63) is 78.3 Å². The van der Waals surface area contributed by atoms with Crippen molar-refractivity contribution in [3.8, 4) is 11.4 Å². The van der Waals surface area contributed by atoms with Crippen molar-refractivity contribution in [1.29, 1.82) is 0 Å². The number of thioether (sulfide) groups is 2. The van der Waals surface area contributed by atoms with Crippen molar-refractivity contribution in [2.75, 3.05) is 16.4 Å². The number of carbonyl (C=O) groups excluding carboxylic acids is 1. The number of amides is 1. The Labute approximate surface area is 195 Å². The molecule has 32 heavy (non-hydrogen) atoms. The van der Waals surface area contributed by atoms with Crippen molar-refractivity contribution in [2.24, 2.45) is 7.05 Å². The Morgan fingerprint density at radius 2 is 1.91 bits per heavy atom. The molecule has 1 atom stereocenters. The fourth-order valence-corrected chi connectivity index (χ4v) is 5.84. The molecule has 0 saturated carbocycles. The van der Waals surface area contributed by atoms with Gasteiger partial charge in [0.05, 0.1) is 29.3 Å². The molecule has 6 nitrogen and oxygen atoms in total. The molecule has 0 radical (unpaired) electrons. The fraction of sp³-hybridized carbons (Fsp3) is 0.208. The minimum absolute atomic E-state index is 0.00663. The van der Waals surface area contributed by atoms with Crippen molar-refractivity contribution in [1.82, 2.24) is 14.8 Å². The van der Waals surface area contributed by atoms with E-state index < -0.39 is 0 Å². The number of hydrogen-bond donors (Lipinski definition) is 0. The number of carbonyl (C=O) groups is 1. The van der Waals surface area contributed by atoms with E-state index >= 15 is 0 Å². The van der Waals surface area contributed by atoms with Crippen LogP contribution < -0.4 is 4.90 Å². The van der Waals surface area contributed by atoms with Crippen molar-refractivity contribution in [2.45, 2.75) is 23.0 Å². The highest BCUT2D eigenvalue weighted by Gasteiger charge is 2.32. The number of para-hydroxylation sites is 1. The minimum Gasteiger partial charge on any atom is -0.469 e. The molecule has 5 rings (SSSR count). The third kappa shape index (κ3) is 3.84. The van der Waals surface area contributed by atoms with Gasteiger partial charge in [0.2, 0.25) is 5.91 Å². The Kier molecular flexibility index (Phi) is 5.80. The first-order valence-electron chi connectivity index (χ1n) is 10.3. The molecule has 0 fully saturated rings. The molecule has 2 aromatic heterocycles. The van der Waals surface area contributed by atoms with Crippen LogP contribution in [0.1, 0.15) is 17.4 Å². The van der Waals surface area contributed by atoms with Gasteiger partial charge in [0.15, 0.2) is 11.0 Å². The van der Waals surface area contributed by atoms with Gasteiger partial charge in [-0.2, -0.15) is 0 Å². The molecule has 1 aliphatic heterocycles. The zero-order valence-electron chi connectivity index (χ0n) is 17.8. The van der Waals surface area contributed by atoms with Crippen LogP contribution in [0.5, 0.6) is 0 Å². The van der Waals surface area contributed by atoms with Crippen LogP contribution in [0, 0.1) is 6.92 Å². The lowest BCUT2D eigenvalue weighted by Crippen LogP contribution is -2.39. The van der Waals surface area contributed by atoms with Gasteiger partial charge in [0.1, 0.15) is 5.76 Å². The summed E-state index contributed by atoms with van der Waals surface area (Å²) >= 11 is 3.20. The summed E-state index contributed by atoms with van der Waals surface area (Å²) < 4.78 is 7.30. The van der Waals surface area contributed by atoms with E-state index in [1.54, 1.807) is 18.0 Å². The third-order valence-corrected chi connectivity index (χ3v) is 7.69. The van der Waals surface area contributed by atoms with Gasteiger partial charge in [-0.3, -0.25) is 4.79 Å². The summed E-state index contributed by atoms with van der Waals surface area (Å²) in [6, 6.07) is 20.2. The third-order valence-electron chi connectivity index (χ3n) is 5.55. The SMILES string of the molecule is Cc1occc1-c1nnc(SCC(=O)N2c3ccccc3SC[C@@H]2c2ccccc2)n1C. The molecule has 0 spiro atoms. The summed E-state index contributed by atoms with van der Waals surface area (Å²) in [5.74, 6) is 2.68. The number of rotatable bonds is 5. The highest BCUT2D eigenvalue weighted by atomic mass is 32.2. The molecule has 2 aromatic carbocycles. The highest BCUT2D eigenvalue weighted by Crippen LogP contribution is 2.43. The van der Waals surface area contributed by atoms with Crippen LogP contribution in [0.15, 0.2) is 81.4 Å². The molecule has 0 aliphatic carbocycles. The first-order chi connectivity index (χ1) is 15.6. The Balaban J connectivity index is 1.40. The van der Waals surface area contributed by atoms with Crippen LogP contribution in [0.2, 0.25) is 0 Å². The average Bonchev–Trinajstić information content (AvgIpc) is 3.41. The highest BCUT2D eigenvalue weighted by molar-refractivity contribution is 8.00. The smallest absolute Gasteiger partial charge is 0.238 e. The molecule has 3 heterocycles. The molecule has 0 unspecified atom stereocenters. The first-order valence-corrected chi connectivity index (χ1v) is 12.3. The van der Waals surface area contributed by atoms with E-state index in [9.17, 15) is 4.79 Å². The molecule has 1 amide bonds. The molecule has 4 aromatic rings. The van der Waals surface area contributed by atoms with Gasteiger partial charge in [-0.1, -0.05) is 54.2 Å². The topological polar surface area (TPSA) is 64.2 Å². The maximum absolute atomic E-state index is 13.5. The average molecular weight is 463 g/mol. The second kappa shape index (κ2) is 8.88. The summed E-state index contributed by atoms with van der Waals surface area (Å²) in [5.41, 5.74) is 3.02. The molecule has 0 saturated heterocycles. The lowest BCUT2D eigenvalue weighted by molar-refractivity contribution is -0.116. The lowest BCUT2D eigenvalue weighted by atomic mass is 10.1. The molecule has 0 bridgehead atoms. The van der Waals surface area contributed by atoms with Gasteiger partial charge in [0.25, 0.3) is 0 Å². The number of aryl methyl sites for hydroxylation is 1. The van der Waals surface area contributed by atoms with Crippen LogP contribution in [0.4, 0.5) is 5.69 Å². The van der Waals surface area contributed by atoms with Crippen molar-refractivity contribution < 1.29 is 9.21 Å². The van der Waals surface area contributed by atoms with Gasteiger partial charge in [-0.25, -0.2) is 0 Å². The number of fused-ring (bicyclic) bond motifs is 1. The van der Waals surface area contributed by atoms with Crippen LogP contribution >= 0.6 is 23.5 Å². The predicted octanol–water partition coefficient (Wildman–Crippen LogP) is 5.36. The standard InChI is InChI=1S/C24H22N4O2S2/c1-16-18(12-13-30-16)23-25-26-24(27(23)2)32-15-22(29)28-19-10-6-7-11-21(19)31-14-20(28)17-8-4-3-5-9-17/h3-13,20H,14-15H2,1-2H3/t20-/m1/s1. The summed E-state index contributed by atoms with van der Waals surface area (Å²) in [6.07, 6.45) is 1.64. The van der Waals surface area contributed by atoms with E-state index in [2.05, 4.69) is 28.4 Å². The van der Waals surface area contributed by atoms with E-state index in [4.69, 9.17) is 4.42 Å². The van der Waals surface area contributed by atoms with E-state index in [0.717, 1.165) is 39.0 Å². The predicted molar refractivity (Wildman–Crippen MR) is 128 cm³/mol. The molecular weight excluding hydrogens is 440 g/mol. The Morgan fingerprint density at radius 1 is 1.12 bits per heavy atom. The summed E-state index contributed by atoms with van der Waals surface area (Å²) in [5, 5.41) is 9.32. The second-order valence-electron chi connectivity index (χ2n) is 7.51. The van der Waals surface area contributed by atoms with Crippen LogP contribution in [0.3, 0.4) is 0 Å². The number of anilines is 1. The number of aromatic nitrogens is 3. The zero-order valence-corrected chi connectivity index (χ0v) is 19.4. The lowest BCUT2D eigenvalue weighted by Gasteiger charge is -2.37.